The summed E-state index contributed by atoms with van der Waals surface area (Å²) in [7, 11) is 0. The minimum Gasteiger partial charge on any atom is -0.476 e. The second kappa shape index (κ2) is 4.43. The highest BCUT2D eigenvalue weighted by molar-refractivity contribution is 6.33. The number of pyridine rings is 1. The molecule has 2 aliphatic carbocycles. The van der Waals surface area contributed by atoms with Gasteiger partial charge in [-0.05, 0) is 43.7 Å². The van der Waals surface area contributed by atoms with E-state index in [2.05, 4.69) is 9.88 Å². The maximum Gasteiger partial charge on any atom is 0.356 e. The van der Waals surface area contributed by atoms with Gasteiger partial charge in [-0.3, -0.25) is 0 Å². The van der Waals surface area contributed by atoms with E-state index in [1.165, 1.54) is 25.7 Å². The Balaban J connectivity index is 1.88. The Morgan fingerprint density at radius 3 is 2.67 bits per heavy atom. The van der Waals surface area contributed by atoms with Crippen LogP contribution in [0, 0.1) is 5.92 Å². The van der Waals surface area contributed by atoms with Gasteiger partial charge < -0.3 is 10.0 Å². The molecule has 2 fully saturated rings. The third-order valence-electron chi connectivity index (χ3n) is 3.47. The molecule has 1 aromatic rings. The number of rotatable bonds is 5. The van der Waals surface area contributed by atoms with E-state index >= 15 is 0 Å². The van der Waals surface area contributed by atoms with Gasteiger partial charge in [0.05, 0.1) is 5.02 Å². The van der Waals surface area contributed by atoms with E-state index in [-0.39, 0.29) is 10.7 Å². The highest BCUT2D eigenvalue weighted by atomic mass is 35.5. The smallest absolute Gasteiger partial charge is 0.356 e. The van der Waals surface area contributed by atoms with Gasteiger partial charge in [0.15, 0.2) is 5.69 Å². The van der Waals surface area contributed by atoms with Crippen LogP contribution in [0.1, 0.15) is 36.2 Å². The maximum atomic E-state index is 11.1. The molecule has 0 spiro atoms. The summed E-state index contributed by atoms with van der Waals surface area (Å²) in [5, 5.41) is 9.26. The molecule has 18 heavy (non-hydrogen) atoms. The largest absolute Gasteiger partial charge is 0.476 e. The quantitative estimate of drug-likeness (QED) is 0.890. The maximum absolute atomic E-state index is 11.1. The van der Waals surface area contributed by atoms with Gasteiger partial charge in [-0.15, -0.1) is 0 Å². The second-order valence-corrected chi connectivity index (χ2v) is 5.54. The van der Waals surface area contributed by atoms with E-state index in [9.17, 15) is 4.79 Å². The number of anilines is 1. The second-order valence-electron chi connectivity index (χ2n) is 5.13. The highest BCUT2D eigenvalue weighted by Gasteiger charge is 2.34. The van der Waals surface area contributed by atoms with Gasteiger partial charge in [-0.2, -0.15) is 0 Å². The summed E-state index contributed by atoms with van der Waals surface area (Å²) in [6.45, 7) is 0.998. The van der Waals surface area contributed by atoms with E-state index in [0.29, 0.717) is 6.04 Å². The molecular weight excluding hydrogens is 252 g/mol. The molecule has 96 valence electrons. The summed E-state index contributed by atoms with van der Waals surface area (Å²) >= 11 is 5.85. The van der Waals surface area contributed by atoms with Crippen molar-refractivity contribution in [3.63, 3.8) is 0 Å². The minimum absolute atomic E-state index is 0.0457. The van der Waals surface area contributed by atoms with Crippen molar-refractivity contribution in [3.8, 4) is 0 Å². The number of aromatic nitrogens is 1. The Labute approximate surface area is 111 Å². The third kappa shape index (κ3) is 2.43. The number of hydrogen-bond donors (Lipinski definition) is 1. The van der Waals surface area contributed by atoms with Crippen LogP contribution in [0.25, 0.3) is 0 Å². The van der Waals surface area contributed by atoms with E-state index in [4.69, 9.17) is 16.7 Å². The molecule has 1 N–H and O–H groups in total. The lowest BCUT2D eigenvalue weighted by molar-refractivity contribution is 0.0691. The van der Waals surface area contributed by atoms with Gasteiger partial charge in [-0.25, -0.2) is 9.78 Å². The fourth-order valence-electron chi connectivity index (χ4n) is 2.14. The summed E-state index contributed by atoms with van der Waals surface area (Å²) in [4.78, 5) is 17.5. The van der Waals surface area contributed by atoms with Crippen molar-refractivity contribution in [2.75, 3.05) is 11.4 Å². The number of halogens is 1. The summed E-state index contributed by atoms with van der Waals surface area (Å²) in [6, 6.07) is 4.01. The molecule has 3 rings (SSSR count). The van der Waals surface area contributed by atoms with Gasteiger partial charge in [0, 0.05) is 12.6 Å². The molecule has 0 aliphatic heterocycles. The van der Waals surface area contributed by atoms with Crippen LogP contribution in [0.2, 0.25) is 5.02 Å². The van der Waals surface area contributed by atoms with Crippen molar-refractivity contribution in [1.29, 1.82) is 0 Å². The van der Waals surface area contributed by atoms with Crippen molar-refractivity contribution in [2.45, 2.75) is 31.7 Å². The van der Waals surface area contributed by atoms with E-state index in [1.807, 2.05) is 6.07 Å². The van der Waals surface area contributed by atoms with Crippen molar-refractivity contribution >= 4 is 23.4 Å². The molecule has 5 heteroatoms. The average molecular weight is 267 g/mol. The van der Waals surface area contributed by atoms with Crippen LogP contribution in [-0.4, -0.2) is 28.6 Å². The van der Waals surface area contributed by atoms with E-state index in [1.54, 1.807) is 6.07 Å². The molecule has 2 aliphatic rings. The van der Waals surface area contributed by atoms with Crippen LogP contribution < -0.4 is 4.90 Å². The van der Waals surface area contributed by atoms with Crippen LogP contribution in [0.15, 0.2) is 12.1 Å². The lowest BCUT2D eigenvalue weighted by Crippen LogP contribution is -2.29. The SMILES string of the molecule is O=C(O)c1nc(N(CC2CC2)C2CC2)ccc1Cl. The van der Waals surface area contributed by atoms with E-state index in [0.717, 1.165) is 18.3 Å². The monoisotopic (exact) mass is 266 g/mol. The number of hydrogen-bond acceptors (Lipinski definition) is 3. The number of nitrogens with zero attached hydrogens (tertiary/aromatic N) is 2. The van der Waals surface area contributed by atoms with Crippen LogP contribution in [-0.2, 0) is 0 Å². The van der Waals surface area contributed by atoms with Gasteiger partial charge in [-0.1, -0.05) is 11.6 Å². The number of carbonyl (C=O) groups is 1. The zero-order valence-corrected chi connectivity index (χ0v) is 10.7. The predicted molar refractivity (Wildman–Crippen MR) is 69.3 cm³/mol. The van der Waals surface area contributed by atoms with Crippen LogP contribution in [0.5, 0.6) is 0 Å². The van der Waals surface area contributed by atoms with Gasteiger partial charge in [0.2, 0.25) is 0 Å². The highest BCUT2D eigenvalue weighted by Crippen LogP contribution is 2.37. The first-order valence-electron chi connectivity index (χ1n) is 6.31. The summed E-state index contributed by atoms with van der Waals surface area (Å²) in [5.41, 5.74) is -0.0457. The van der Waals surface area contributed by atoms with Crippen LogP contribution >= 0.6 is 11.6 Å². The molecule has 0 atom stereocenters. The topological polar surface area (TPSA) is 53.4 Å². The Hall–Kier alpha value is -1.29. The van der Waals surface area contributed by atoms with Crippen LogP contribution in [0.4, 0.5) is 5.82 Å². The number of aromatic carboxylic acids is 1. The van der Waals surface area contributed by atoms with E-state index < -0.39 is 5.97 Å². The van der Waals surface area contributed by atoms with Gasteiger partial charge >= 0.3 is 5.97 Å². The lowest BCUT2D eigenvalue weighted by atomic mass is 10.3. The van der Waals surface area contributed by atoms with Crippen molar-refractivity contribution in [3.05, 3.63) is 22.8 Å². The van der Waals surface area contributed by atoms with Crippen molar-refractivity contribution in [1.82, 2.24) is 4.98 Å². The molecule has 1 aromatic heterocycles. The fraction of sp³-hybridized carbons (Fsp3) is 0.538. The molecule has 0 amide bonds. The third-order valence-corrected chi connectivity index (χ3v) is 3.77. The molecule has 4 nitrogen and oxygen atoms in total. The standard InChI is InChI=1S/C13H15ClN2O2/c14-10-5-6-11(15-12(10)13(17)18)16(9-3-4-9)7-8-1-2-8/h5-6,8-9H,1-4,7H2,(H,17,18). The molecule has 0 unspecified atom stereocenters. The molecule has 0 radical (unpaired) electrons. The zero-order chi connectivity index (χ0) is 12.7. The normalized spacial score (nSPS) is 18.7. The Morgan fingerprint density at radius 2 is 2.11 bits per heavy atom. The molecule has 0 aromatic carbocycles. The lowest BCUT2D eigenvalue weighted by Gasteiger charge is -2.23. The number of carboxylic acid groups (broad SMARTS) is 1. The van der Waals surface area contributed by atoms with Gasteiger partial charge in [0.25, 0.3) is 0 Å². The summed E-state index contributed by atoms with van der Waals surface area (Å²) < 4.78 is 0. The molecule has 0 saturated heterocycles. The molecule has 1 heterocycles. The number of carboxylic acids is 1. The van der Waals surface area contributed by atoms with Gasteiger partial charge in [0.1, 0.15) is 5.82 Å². The summed E-state index contributed by atoms with van der Waals surface area (Å²) in [5.74, 6) is 0.451. The first kappa shape index (κ1) is 11.8. The van der Waals surface area contributed by atoms with Crippen LogP contribution in [0.3, 0.4) is 0 Å². The Bertz CT molecular complexity index is 484. The molecular formula is C13H15ClN2O2. The minimum atomic E-state index is -1.07. The Kier molecular flexibility index (Phi) is 2.90. The van der Waals surface area contributed by atoms with Crippen molar-refractivity contribution in [2.24, 2.45) is 5.92 Å². The predicted octanol–water partition coefficient (Wildman–Crippen LogP) is 2.81. The first-order valence-corrected chi connectivity index (χ1v) is 6.69. The first-order chi connectivity index (χ1) is 8.65. The summed E-state index contributed by atoms with van der Waals surface area (Å²) in [6.07, 6.45) is 4.92. The average Bonchev–Trinajstić information content (AvgIpc) is 3.20. The molecule has 0 bridgehead atoms. The fourth-order valence-corrected chi connectivity index (χ4v) is 2.32. The molecule has 2 saturated carbocycles. The zero-order valence-electron chi connectivity index (χ0n) is 9.97. The Morgan fingerprint density at radius 1 is 1.39 bits per heavy atom. The van der Waals surface area contributed by atoms with Crippen molar-refractivity contribution < 1.29 is 9.90 Å².